The first-order valence-electron chi connectivity index (χ1n) is 4.60. The van der Waals surface area contributed by atoms with Gasteiger partial charge >= 0.3 is 0 Å². The van der Waals surface area contributed by atoms with E-state index in [2.05, 4.69) is 26.8 Å². The summed E-state index contributed by atoms with van der Waals surface area (Å²) in [7, 11) is 0. The van der Waals surface area contributed by atoms with Gasteiger partial charge in [-0.1, -0.05) is 11.6 Å². The SMILES string of the molecule is CC1=CC(C)=C(c2occc2C)C1. The highest BCUT2D eigenvalue weighted by Crippen LogP contribution is 2.34. The largest absolute Gasteiger partial charge is 0.464 e. The zero-order valence-electron chi connectivity index (χ0n) is 8.35. The molecule has 1 heterocycles. The van der Waals surface area contributed by atoms with E-state index >= 15 is 0 Å². The first-order valence-corrected chi connectivity index (χ1v) is 4.60. The Morgan fingerprint density at radius 2 is 2.00 bits per heavy atom. The van der Waals surface area contributed by atoms with Crippen molar-refractivity contribution in [2.45, 2.75) is 27.2 Å². The summed E-state index contributed by atoms with van der Waals surface area (Å²) in [6.07, 6.45) is 5.04. The summed E-state index contributed by atoms with van der Waals surface area (Å²) in [6.45, 7) is 6.40. The van der Waals surface area contributed by atoms with Crippen LogP contribution in [-0.4, -0.2) is 0 Å². The first-order chi connectivity index (χ1) is 6.18. The number of aryl methyl sites for hydroxylation is 1. The summed E-state index contributed by atoms with van der Waals surface area (Å²) in [5, 5.41) is 0. The lowest BCUT2D eigenvalue weighted by Gasteiger charge is -2.01. The lowest BCUT2D eigenvalue weighted by Crippen LogP contribution is -1.83. The Hall–Kier alpha value is -1.24. The van der Waals surface area contributed by atoms with E-state index in [0.717, 1.165) is 12.2 Å². The van der Waals surface area contributed by atoms with Gasteiger partial charge in [0.25, 0.3) is 0 Å². The Labute approximate surface area is 78.8 Å². The molecule has 1 aromatic rings. The van der Waals surface area contributed by atoms with Gasteiger partial charge in [-0.3, -0.25) is 0 Å². The van der Waals surface area contributed by atoms with Crippen LogP contribution in [0.25, 0.3) is 5.57 Å². The molecule has 68 valence electrons. The summed E-state index contributed by atoms with van der Waals surface area (Å²) in [6, 6.07) is 2.02. The normalized spacial score (nSPS) is 16.7. The second-order valence-electron chi connectivity index (χ2n) is 3.76. The fourth-order valence-corrected chi connectivity index (χ4v) is 1.87. The highest BCUT2D eigenvalue weighted by atomic mass is 16.3. The second kappa shape index (κ2) is 2.91. The summed E-state index contributed by atoms with van der Waals surface area (Å²) in [5.74, 6) is 1.06. The zero-order chi connectivity index (χ0) is 9.42. The Morgan fingerprint density at radius 1 is 1.23 bits per heavy atom. The summed E-state index contributed by atoms with van der Waals surface area (Å²) >= 11 is 0. The minimum atomic E-state index is 1.04. The first kappa shape index (κ1) is 8.36. The summed E-state index contributed by atoms with van der Waals surface area (Å²) in [4.78, 5) is 0. The molecule has 0 spiro atoms. The van der Waals surface area contributed by atoms with Crippen LogP contribution in [0.5, 0.6) is 0 Å². The standard InChI is InChI=1S/C12H14O/c1-8-6-10(3)11(7-8)12-9(2)4-5-13-12/h4-6H,7H2,1-3H3. The molecule has 1 aromatic heterocycles. The Balaban J connectivity index is 2.41. The zero-order valence-corrected chi connectivity index (χ0v) is 8.35. The highest BCUT2D eigenvalue weighted by molar-refractivity contribution is 5.74. The van der Waals surface area contributed by atoms with Gasteiger partial charge in [0.05, 0.1) is 6.26 Å². The Bertz CT molecular complexity index is 391. The van der Waals surface area contributed by atoms with Crippen molar-refractivity contribution in [1.29, 1.82) is 0 Å². The molecule has 0 radical (unpaired) electrons. The summed E-state index contributed by atoms with van der Waals surface area (Å²) < 4.78 is 5.48. The second-order valence-corrected chi connectivity index (χ2v) is 3.76. The van der Waals surface area contributed by atoms with Crippen LogP contribution in [-0.2, 0) is 0 Å². The van der Waals surface area contributed by atoms with Crippen molar-refractivity contribution in [1.82, 2.24) is 0 Å². The van der Waals surface area contributed by atoms with Crippen molar-refractivity contribution in [2.24, 2.45) is 0 Å². The minimum absolute atomic E-state index is 1.04. The molecule has 0 saturated heterocycles. The molecule has 0 amide bonds. The molecule has 1 aliphatic carbocycles. The van der Waals surface area contributed by atoms with E-state index < -0.39 is 0 Å². The average Bonchev–Trinajstić information content (AvgIpc) is 2.58. The molecule has 1 heteroatoms. The van der Waals surface area contributed by atoms with Crippen molar-refractivity contribution >= 4 is 5.57 Å². The van der Waals surface area contributed by atoms with E-state index in [9.17, 15) is 0 Å². The van der Waals surface area contributed by atoms with Crippen molar-refractivity contribution in [3.8, 4) is 0 Å². The van der Waals surface area contributed by atoms with Crippen LogP contribution in [0.4, 0.5) is 0 Å². The lowest BCUT2D eigenvalue weighted by atomic mass is 10.1. The fourth-order valence-electron chi connectivity index (χ4n) is 1.87. The maximum absolute atomic E-state index is 5.48. The van der Waals surface area contributed by atoms with Crippen LogP contribution >= 0.6 is 0 Å². The molecule has 2 rings (SSSR count). The molecule has 0 aromatic carbocycles. The molecule has 0 atom stereocenters. The van der Waals surface area contributed by atoms with Crippen molar-refractivity contribution in [2.75, 3.05) is 0 Å². The molecule has 0 aliphatic heterocycles. The predicted molar refractivity (Wildman–Crippen MR) is 54.4 cm³/mol. The van der Waals surface area contributed by atoms with Gasteiger partial charge in [-0.05, 0) is 44.4 Å². The predicted octanol–water partition coefficient (Wildman–Crippen LogP) is 3.71. The fraction of sp³-hybridized carbons (Fsp3) is 0.333. The molecule has 0 bridgehead atoms. The third-order valence-corrected chi connectivity index (χ3v) is 2.53. The Morgan fingerprint density at radius 3 is 2.46 bits per heavy atom. The smallest absolute Gasteiger partial charge is 0.133 e. The van der Waals surface area contributed by atoms with Crippen molar-refractivity contribution < 1.29 is 4.42 Å². The number of furan rings is 1. The lowest BCUT2D eigenvalue weighted by molar-refractivity contribution is 0.549. The molecular formula is C12H14O. The highest BCUT2D eigenvalue weighted by Gasteiger charge is 2.15. The topological polar surface area (TPSA) is 13.1 Å². The quantitative estimate of drug-likeness (QED) is 0.632. The molecule has 0 fully saturated rings. The van der Waals surface area contributed by atoms with Gasteiger partial charge in [0, 0.05) is 5.57 Å². The molecule has 1 aliphatic rings. The van der Waals surface area contributed by atoms with Crippen LogP contribution in [0.1, 0.15) is 31.6 Å². The van der Waals surface area contributed by atoms with E-state index in [1.807, 2.05) is 6.07 Å². The molecule has 0 N–H and O–H groups in total. The number of rotatable bonds is 1. The molecule has 13 heavy (non-hydrogen) atoms. The molecular weight excluding hydrogens is 160 g/mol. The van der Waals surface area contributed by atoms with E-state index in [0.29, 0.717) is 0 Å². The van der Waals surface area contributed by atoms with E-state index in [1.165, 1.54) is 22.3 Å². The molecule has 1 nitrogen and oxygen atoms in total. The van der Waals surface area contributed by atoms with E-state index in [4.69, 9.17) is 4.42 Å². The average molecular weight is 174 g/mol. The minimum Gasteiger partial charge on any atom is -0.464 e. The van der Waals surface area contributed by atoms with Gasteiger partial charge < -0.3 is 4.42 Å². The van der Waals surface area contributed by atoms with Gasteiger partial charge in [-0.25, -0.2) is 0 Å². The van der Waals surface area contributed by atoms with Crippen LogP contribution < -0.4 is 0 Å². The van der Waals surface area contributed by atoms with Gasteiger partial charge in [0.1, 0.15) is 5.76 Å². The van der Waals surface area contributed by atoms with Gasteiger partial charge in [-0.2, -0.15) is 0 Å². The van der Waals surface area contributed by atoms with Gasteiger partial charge in [0.2, 0.25) is 0 Å². The molecule has 0 unspecified atom stereocenters. The molecule has 0 saturated carbocycles. The number of hydrogen-bond donors (Lipinski definition) is 0. The monoisotopic (exact) mass is 174 g/mol. The van der Waals surface area contributed by atoms with E-state index in [-0.39, 0.29) is 0 Å². The van der Waals surface area contributed by atoms with Crippen LogP contribution in [0.15, 0.2) is 34.0 Å². The maximum Gasteiger partial charge on any atom is 0.133 e. The van der Waals surface area contributed by atoms with Crippen LogP contribution in [0, 0.1) is 6.92 Å². The van der Waals surface area contributed by atoms with Crippen molar-refractivity contribution in [3.63, 3.8) is 0 Å². The third-order valence-electron chi connectivity index (χ3n) is 2.53. The maximum atomic E-state index is 5.48. The van der Waals surface area contributed by atoms with Crippen molar-refractivity contribution in [3.05, 3.63) is 40.9 Å². The van der Waals surface area contributed by atoms with Crippen LogP contribution in [0.2, 0.25) is 0 Å². The van der Waals surface area contributed by atoms with Gasteiger partial charge in [-0.15, -0.1) is 0 Å². The number of allylic oxidation sites excluding steroid dienone is 4. The number of hydrogen-bond acceptors (Lipinski definition) is 1. The Kier molecular flexibility index (Phi) is 1.87. The third kappa shape index (κ3) is 1.35. The summed E-state index contributed by atoms with van der Waals surface area (Å²) in [5.41, 5.74) is 5.34. The van der Waals surface area contributed by atoms with Crippen LogP contribution in [0.3, 0.4) is 0 Å². The van der Waals surface area contributed by atoms with Gasteiger partial charge in [0.15, 0.2) is 0 Å². The van der Waals surface area contributed by atoms with E-state index in [1.54, 1.807) is 6.26 Å².